The fraction of sp³-hybridized carbons (Fsp3) is 0.536. The zero-order valence-electron chi connectivity index (χ0n) is 21.6. The predicted molar refractivity (Wildman–Crippen MR) is 143 cm³/mol. The number of rotatable bonds is 7. The van der Waals surface area contributed by atoms with E-state index in [-0.39, 0.29) is 29.6 Å². The number of anilines is 1. The fourth-order valence-corrected chi connectivity index (χ4v) is 8.39. The Hall–Kier alpha value is -2.78. The molecule has 37 heavy (non-hydrogen) atoms. The minimum absolute atomic E-state index is 0.0191. The van der Waals surface area contributed by atoms with Gasteiger partial charge in [-0.15, -0.1) is 11.8 Å². The number of hydrogen-bond donors (Lipinski definition) is 1. The van der Waals surface area contributed by atoms with E-state index in [1.54, 1.807) is 28.7 Å². The molecule has 4 aliphatic heterocycles. The molecule has 1 N–H and O–H groups in total. The lowest BCUT2D eigenvalue weighted by molar-refractivity contribution is -0.144. The number of likely N-dealkylation sites (tertiary alicyclic amines) is 1. The van der Waals surface area contributed by atoms with E-state index in [1.807, 2.05) is 61.2 Å². The second kappa shape index (κ2) is 10.2. The summed E-state index contributed by atoms with van der Waals surface area (Å²) in [7, 11) is 1.59. The summed E-state index contributed by atoms with van der Waals surface area (Å²) in [4.78, 5) is 47.6. The Balaban J connectivity index is 1.61. The fourth-order valence-electron chi connectivity index (χ4n) is 6.40. The number of fused-ring (bicyclic) bond motifs is 2. The molecule has 0 aliphatic carbocycles. The third-order valence-corrected chi connectivity index (χ3v) is 9.88. The number of aliphatic hydroxyl groups is 1. The topological polar surface area (TPSA) is 90.4 Å². The molecule has 0 aromatic heterocycles. The summed E-state index contributed by atoms with van der Waals surface area (Å²) >= 11 is 1.57. The number of hydrogen-bond acceptors (Lipinski definition) is 6. The Morgan fingerprint density at radius 2 is 1.84 bits per heavy atom. The van der Waals surface area contributed by atoms with Crippen LogP contribution in [0.25, 0.3) is 0 Å². The lowest BCUT2D eigenvalue weighted by atomic mass is 9.78. The smallest absolute Gasteiger partial charge is 0.251 e. The maximum atomic E-state index is 14.4. The summed E-state index contributed by atoms with van der Waals surface area (Å²) in [5, 5.41) is 10.1. The largest absolute Gasteiger partial charge is 0.497 e. The van der Waals surface area contributed by atoms with Crippen molar-refractivity contribution < 1.29 is 24.2 Å². The van der Waals surface area contributed by atoms with Crippen molar-refractivity contribution in [2.24, 2.45) is 11.8 Å². The predicted octanol–water partition coefficient (Wildman–Crippen LogP) is 2.47. The van der Waals surface area contributed by atoms with Gasteiger partial charge in [0.15, 0.2) is 0 Å². The molecule has 4 aliphatic rings. The van der Waals surface area contributed by atoms with Gasteiger partial charge in [-0.05, 0) is 37.1 Å². The molecule has 8 nitrogen and oxygen atoms in total. The van der Waals surface area contributed by atoms with E-state index in [1.165, 1.54) is 0 Å². The van der Waals surface area contributed by atoms with Gasteiger partial charge in [-0.25, -0.2) is 0 Å². The van der Waals surface area contributed by atoms with Gasteiger partial charge in [-0.2, -0.15) is 0 Å². The van der Waals surface area contributed by atoms with E-state index in [4.69, 9.17) is 4.74 Å². The zero-order chi connectivity index (χ0) is 26.3. The van der Waals surface area contributed by atoms with Gasteiger partial charge in [0.2, 0.25) is 11.8 Å². The molecule has 6 atom stereocenters. The van der Waals surface area contributed by atoms with Crippen LogP contribution < -0.4 is 9.64 Å². The average molecular weight is 526 g/mol. The van der Waals surface area contributed by atoms with E-state index in [0.29, 0.717) is 37.5 Å². The first-order valence-corrected chi connectivity index (χ1v) is 14.0. The molecular weight excluding hydrogens is 490 g/mol. The van der Waals surface area contributed by atoms with Crippen LogP contribution in [0.15, 0.2) is 48.6 Å². The monoisotopic (exact) mass is 525 g/mol. The van der Waals surface area contributed by atoms with Gasteiger partial charge in [-0.1, -0.05) is 38.2 Å². The molecule has 198 valence electrons. The van der Waals surface area contributed by atoms with Crippen molar-refractivity contribution in [3.05, 3.63) is 48.6 Å². The van der Waals surface area contributed by atoms with Crippen molar-refractivity contribution in [3.63, 3.8) is 0 Å². The Labute approximate surface area is 222 Å². The number of carbonyl (C=O) groups excluding carboxylic acids is 3. The molecule has 1 spiro atoms. The number of nitrogens with zero attached hydrogens (tertiary/aromatic N) is 3. The van der Waals surface area contributed by atoms with Gasteiger partial charge in [-0.3, -0.25) is 14.4 Å². The van der Waals surface area contributed by atoms with Crippen molar-refractivity contribution in [2.75, 3.05) is 38.3 Å². The first-order valence-electron chi connectivity index (χ1n) is 13.1. The summed E-state index contributed by atoms with van der Waals surface area (Å²) in [6.45, 7) is 5.23. The highest BCUT2D eigenvalue weighted by Gasteiger charge is 2.71. The maximum Gasteiger partial charge on any atom is 0.251 e. The van der Waals surface area contributed by atoms with Crippen LogP contribution in [0.4, 0.5) is 5.69 Å². The zero-order valence-corrected chi connectivity index (χ0v) is 22.4. The first-order chi connectivity index (χ1) is 17.9. The van der Waals surface area contributed by atoms with Gasteiger partial charge in [0.05, 0.1) is 36.3 Å². The van der Waals surface area contributed by atoms with Crippen LogP contribution in [-0.4, -0.2) is 88.1 Å². The van der Waals surface area contributed by atoms with Crippen LogP contribution in [0.2, 0.25) is 0 Å². The van der Waals surface area contributed by atoms with Gasteiger partial charge >= 0.3 is 0 Å². The van der Waals surface area contributed by atoms with E-state index in [2.05, 4.69) is 6.08 Å². The number of benzene rings is 1. The Morgan fingerprint density at radius 1 is 1.08 bits per heavy atom. The number of carbonyl (C=O) groups is 3. The van der Waals surface area contributed by atoms with Gasteiger partial charge in [0.25, 0.3) is 5.91 Å². The van der Waals surface area contributed by atoms with Crippen molar-refractivity contribution >= 4 is 35.2 Å². The highest BCUT2D eigenvalue weighted by molar-refractivity contribution is 8.02. The molecule has 1 unspecified atom stereocenters. The second-order valence-electron chi connectivity index (χ2n) is 10.1. The van der Waals surface area contributed by atoms with Crippen molar-refractivity contribution in [3.8, 4) is 5.75 Å². The molecule has 0 saturated carbocycles. The molecule has 5 rings (SSSR count). The Morgan fingerprint density at radius 3 is 2.49 bits per heavy atom. The quantitative estimate of drug-likeness (QED) is 0.550. The van der Waals surface area contributed by atoms with Crippen molar-refractivity contribution in [2.45, 2.75) is 48.8 Å². The van der Waals surface area contributed by atoms with Gasteiger partial charge < -0.3 is 24.5 Å². The standard InChI is InChI=1S/C28H35N3O5S/c1-4-14-29-15-6-8-21-22(25(29)33)23-26(34)31(18(5-2)17-32)24-27(35)30(16-7-13-28(23,24)37-21)19-9-11-20(36-3)12-10-19/h6-13,18,21-24,32H,4-5,14-17H2,1-3H3/t18-,21-,22+,23-,24?,28-/m0/s1. The molecule has 2 saturated heterocycles. The van der Waals surface area contributed by atoms with E-state index in [0.717, 1.165) is 6.42 Å². The lowest BCUT2D eigenvalue weighted by Gasteiger charge is -2.38. The van der Waals surface area contributed by atoms with Crippen LogP contribution in [0, 0.1) is 11.8 Å². The molecule has 4 heterocycles. The lowest BCUT2D eigenvalue weighted by Crippen LogP contribution is -2.56. The first kappa shape index (κ1) is 25.9. The van der Waals surface area contributed by atoms with Crippen molar-refractivity contribution in [1.82, 2.24) is 9.80 Å². The molecule has 1 aromatic rings. The summed E-state index contributed by atoms with van der Waals surface area (Å²) in [6, 6.07) is 5.97. The summed E-state index contributed by atoms with van der Waals surface area (Å²) in [6.07, 6.45) is 9.39. The average Bonchev–Trinajstić information content (AvgIpc) is 3.23. The van der Waals surface area contributed by atoms with Crippen LogP contribution in [0.5, 0.6) is 5.75 Å². The summed E-state index contributed by atoms with van der Waals surface area (Å²) < 4.78 is 4.40. The third kappa shape index (κ3) is 3.98. The van der Waals surface area contributed by atoms with Crippen molar-refractivity contribution in [1.29, 1.82) is 0 Å². The van der Waals surface area contributed by atoms with Crippen LogP contribution in [0.3, 0.4) is 0 Å². The minimum Gasteiger partial charge on any atom is -0.497 e. The van der Waals surface area contributed by atoms with E-state index in [9.17, 15) is 19.5 Å². The molecule has 9 heteroatoms. The number of thioether (sulfide) groups is 1. The van der Waals surface area contributed by atoms with E-state index >= 15 is 0 Å². The summed E-state index contributed by atoms with van der Waals surface area (Å²) in [5.74, 6) is -0.940. The molecule has 0 radical (unpaired) electrons. The van der Waals surface area contributed by atoms with Gasteiger partial charge in [0, 0.05) is 30.6 Å². The number of methoxy groups -OCH3 is 1. The van der Waals surface area contributed by atoms with Crippen LogP contribution >= 0.6 is 11.8 Å². The maximum absolute atomic E-state index is 14.4. The second-order valence-corrected chi connectivity index (χ2v) is 11.6. The highest BCUT2D eigenvalue weighted by atomic mass is 32.2. The number of ether oxygens (including phenoxy) is 1. The highest BCUT2D eigenvalue weighted by Crippen LogP contribution is 2.61. The molecular formula is C28H35N3O5S. The summed E-state index contributed by atoms with van der Waals surface area (Å²) in [5.41, 5.74) is 0.711. The molecule has 0 bridgehead atoms. The third-order valence-electron chi connectivity index (χ3n) is 8.13. The van der Waals surface area contributed by atoms with Crippen LogP contribution in [-0.2, 0) is 14.4 Å². The van der Waals surface area contributed by atoms with E-state index < -0.39 is 28.7 Å². The SMILES string of the molecule is CCCN1CC=C[C@@H]2S[C@]34C=CCN(c5ccc(OC)cc5)C(=O)C3N([C@@H](CC)CO)C(=O)[C@@H]4[C@@H]2C1=O. The molecule has 2 fully saturated rings. The molecule has 1 aromatic carbocycles. The Bertz CT molecular complexity index is 1120. The molecule has 3 amide bonds. The van der Waals surface area contributed by atoms with Crippen LogP contribution in [0.1, 0.15) is 26.7 Å². The number of amides is 3. The number of aliphatic hydroxyl groups excluding tert-OH is 1. The van der Waals surface area contributed by atoms with Gasteiger partial charge in [0.1, 0.15) is 11.8 Å². The normalized spacial score (nSPS) is 31.7. The minimum atomic E-state index is -0.886. The Kier molecular flexibility index (Phi) is 7.11.